The van der Waals surface area contributed by atoms with Gasteiger partial charge in [-0.3, -0.25) is 4.68 Å². The van der Waals surface area contributed by atoms with Crippen molar-refractivity contribution < 1.29 is 4.74 Å². The zero-order valence-electron chi connectivity index (χ0n) is 11.8. The van der Waals surface area contributed by atoms with E-state index in [4.69, 9.17) is 10.5 Å². The second kappa shape index (κ2) is 5.67. The summed E-state index contributed by atoms with van der Waals surface area (Å²) < 4.78 is 7.57. The summed E-state index contributed by atoms with van der Waals surface area (Å²) in [5, 5.41) is 4.53. The van der Waals surface area contributed by atoms with Gasteiger partial charge < -0.3 is 10.5 Å². The van der Waals surface area contributed by atoms with E-state index in [-0.39, 0.29) is 0 Å². The number of aromatic nitrogens is 2. The molecule has 3 rings (SSSR count). The van der Waals surface area contributed by atoms with Gasteiger partial charge in [0.1, 0.15) is 0 Å². The van der Waals surface area contributed by atoms with Crippen molar-refractivity contribution in [3.8, 4) is 11.1 Å². The van der Waals surface area contributed by atoms with Gasteiger partial charge in [0.05, 0.1) is 18.3 Å². The average Bonchev–Trinajstić information content (AvgIpc) is 2.97. The summed E-state index contributed by atoms with van der Waals surface area (Å²) in [7, 11) is 1.80. The Labute approximate surface area is 119 Å². The summed E-state index contributed by atoms with van der Waals surface area (Å²) in [4.78, 5) is 0. The number of rotatable bonds is 3. The van der Waals surface area contributed by atoms with Crippen molar-refractivity contribution >= 4 is 5.69 Å². The van der Waals surface area contributed by atoms with Gasteiger partial charge in [-0.25, -0.2) is 0 Å². The van der Waals surface area contributed by atoms with Crippen LogP contribution in [0.2, 0.25) is 0 Å². The Morgan fingerprint density at radius 1 is 1.30 bits per heavy atom. The van der Waals surface area contributed by atoms with Crippen LogP contribution in [0, 0.1) is 0 Å². The quantitative estimate of drug-likeness (QED) is 0.872. The number of benzene rings is 1. The van der Waals surface area contributed by atoms with Gasteiger partial charge >= 0.3 is 0 Å². The SMILES string of the molecule is COC1CCCC(n2cc(-c3ccccc3N)cn2)C1. The summed E-state index contributed by atoms with van der Waals surface area (Å²) in [5.41, 5.74) is 8.96. The molecule has 1 heterocycles. The van der Waals surface area contributed by atoms with Crippen molar-refractivity contribution in [2.75, 3.05) is 12.8 Å². The molecule has 1 fully saturated rings. The highest BCUT2D eigenvalue weighted by Gasteiger charge is 2.23. The Morgan fingerprint density at radius 2 is 2.15 bits per heavy atom. The van der Waals surface area contributed by atoms with E-state index in [2.05, 4.69) is 16.0 Å². The van der Waals surface area contributed by atoms with Crippen LogP contribution in [-0.4, -0.2) is 23.0 Å². The van der Waals surface area contributed by atoms with Gasteiger partial charge in [-0.1, -0.05) is 18.2 Å². The van der Waals surface area contributed by atoms with Crippen molar-refractivity contribution in [1.29, 1.82) is 0 Å². The number of nitrogens with zero attached hydrogens (tertiary/aromatic N) is 2. The van der Waals surface area contributed by atoms with E-state index in [1.165, 1.54) is 12.8 Å². The van der Waals surface area contributed by atoms with E-state index in [0.29, 0.717) is 12.1 Å². The third kappa shape index (κ3) is 2.56. The van der Waals surface area contributed by atoms with Crippen LogP contribution in [0.15, 0.2) is 36.7 Å². The van der Waals surface area contributed by atoms with E-state index in [9.17, 15) is 0 Å². The number of anilines is 1. The lowest BCUT2D eigenvalue weighted by Gasteiger charge is -2.28. The third-order valence-corrected chi connectivity index (χ3v) is 4.18. The molecule has 2 aromatic rings. The fourth-order valence-corrected chi connectivity index (χ4v) is 3.01. The fourth-order valence-electron chi connectivity index (χ4n) is 3.01. The molecule has 2 unspecified atom stereocenters. The molecule has 2 N–H and O–H groups in total. The van der Waals surface area contributed by atoms with Crippen molar-refractivity contribution in [2.45, 2.75) is 37.8 Å². The molecule has 0 aliphatic heterocycles. The summed E-state index contributed by atoms with van der Waals surface area (Å²) in [6, 6.07) is 8.36. The van der Waals surface area contributed by atoms with E-state index in [0.717, 1.165) is 29.7 Å². The lowest BCUT2D eigenvalue weighted by Crippen LogP contribution is -2.24. The first-order valence-electron chi connectivity index (χ1n) is 7.19. The minimum atomic E-state index is 0.364. The fraction of sp³-hybridized carbons (Fsp3) is 0.438. The molecule has 4 heteroatoms. The summed E-state index contributed by atoms with van der Waals surface area (Å²) in [5.74, 6) is 0. The van der Waals surface area contributed by atoms with Crippen molar-refractivity contribution in [3.63, 3.8) is 0 Å². The molecular weight excluding hydrogens is 250 g/mol. The topological polar surface area (TPSA) is 53.1 Å². The first kappa shape index (κ1) is 13.2. The Hall–Kier alpha value is -1.81. The Balaban J connectivity index is 1.82. The van der Waals surface area contributed by atoms with Crippen molar-refractivity contribution in [1.82, 2.24) is 9.78 Å². The summed E-state index contributed by atoms with van der Waals surface area (Å²) >= 11 is 0. The molecule has 1 saturated carbocycles. The van der Waals surface area contributed by atoms with E-state index < -0.39 is 0 Å². The van der Waals surface area contributed by atoms with Crippen molar-refractivity contribution in [3.05, 3.63) is 36.7 Å². The molecule has 0 saturated heterocycles. The van der Waals surface area contributed by atoms with E-state index >= 15 is 0 Å². The molecule has 1 aromatic carbocycles. The molecule has 20 heavy (non-hydrogen) atoms. The zero-order chi connectivity index (χ0) is 13.9. The van der Waals surface area contributed by atoms with E-state index in [1.54, 1.807) is 7.11 Å². The maximum absolute atomic E-state index is 6.03. The number of nitrogens with two attached hydrogens (primary N) is 1. The predicted octanol–water partition coefficient (Wildman–Crippen LogP) is 3.26. The minimum Gasteiger partial charge on any atom is -0.398 e. The molecule has 106 valence electrons. The average molecular weight is 271 g/mol. The van der Waals surface area contributed by atoms with Crippen LogP contribution in [-0.2, 0) is 4.74 Å². The molecule has 0 radical (unpaired) electrons. The van der Waals surface area contributed by atoms with Crippen LogP contribution in [0.1, 0.15) is 31.7 Å². The zero-order valence-corrected chi connectivity index (χ0v) is 11.8. The van der Waals surface area contributed by atoms with Crippen LogP contribution in [0.25, 0.3) is 11.1 Å². The second-order valence-electron chi connectivity index (χ2n) is 5.47. The number of hydrogen-bond acceptors (Lipinski definition) is 3. The summed E-state index contributed by atoms with van der Waals surface area (Å²) in [6.45, 7) is 0. The highest BCUT2D eigenvalue weighted by molar-refractivity contribution is 5.75. The smallest absolute Gasteiger partial charge is 0.0591 e. The molecular formula is C16H21N3O. The number of methoxy groups -OCH3 is 1. The van der Waals surface area contributed by atoms with E-state index in [1.807, 2.05) is 30.5 Å². The van der Waals surface area contributed by atoms with Crippen LogP contribution in [0.4, 0.5) is 5.69 Å². The molecule has 1 aromatic heterocycles. The molecule has 0 spiro atoms. The first-order chi connectivity index (χ1) is 9.78. The minimum absolute atomic E-state index is 0.364. The molecule has 0 bridgehead atoms. The normalized spacial score (nSPS) is 22.9. The largest absolute Gasteiger partial charge is 0.398 e. The van der Waals surface area contributed by atoms with Crippen LogP contribution in [0.5, 0.6) is 0 Å². The highest BCUT2D eigenvalue weighted by atomic mass is 16.5. The maximum Gasteiger partial charge on any atom is 0.0591 e. The maximum atomic E-state index is 6.03. The number of nitrogen functional groups attached to an aromatic ring is 1. The van der Waals surface area contributed by atoms with Crippen LogP contribution in [0.3, 0.4) is 0 Å². The summed E-state index contributed by atoms with van der Waals surface area (Å²) in [6.07, 6.45) is 8.95. The monoisotopic (exact) mass is 271 g/mol. The molecule has 0 amide bonds. The molecule has 1 aliphatic rings. The third-order valence-electron chi connectivity index (χ3n) is 4.18. The first-order valence-corrected chi connectivity index (χ1v) is 7.19. The Kier molecular flexibility index (Phi) is 3.74. The Morgan fingerprint density at radius 3 is 2.95 bits per heavy atom. The van der Waals surface area contributed by atoms with Gasteiger partial charge in [0.25, 0.3) is 0 Å². The lowest BCUT2D eigenvalue weighted by molar-refractivity contribution is 0.0508. The molecule has 1 aliphatic carbocycles. The lowest BCUT2D eigenvalue weighted by atomic mass is 9.93. The standard InChI is InChI=1S/C16H21N3O/c1-20-14-6-4-5-13(9-14)19-11-12(10-18-19)15-7-2-3-8-16(15)17/h2-3,7-8,10-11,13-14H,4-6,9,17H2,1H3. The van der Waals surface area contributed by atoms with Crippen LogP contribution < -0.4 is 5.73 Å². The second-order valence-corrected chi connectivity index (χ2v) is 5.47. The van der Waals surface area contributed by atoms with Gasteiger partial charge in [-0.05, 0) is 31.7 Å². The predicted molar refractivity (Wildman–Crippen MR) is 80.4 cm³/mol. The van der Waals surface area contributed by atoms with Gasteiger partial charge in [0.15, 0.2) is 0 Å². The Bertz CT molecular complexity index is 579. The van der Waals surface area contributed by atoms with Gasteiger partial charge in [-0.15, -0.1) is 0 Å². The highest BCUT2D eigenvalue weighted by Crippen LogP contribution is 2.31. The van der Waals surface area contributed by atoms with Crippen molar-refractivity contribution in [2.24, 2.45) is 0 Å². The number of para-hydroxylation sites is 1. The van der Waals surface area contributed by atoms with Gasteiger partial charge in [0.2, 0.25) is 0 Å². The number of ether oxygens (including phenoxy) is 1. The van der Waals surface area contributed by atoms with Gasteiger partial charge in [0, 0.05) is 30.1 Å². The molecule has 4 nitrogen and oxygen atoms in total. The van der Waals surface area contributed by atoms with Gasteiger partial charge in [-0.2, -0.15) is 5.10 Å². The molecule has 2 atom stereocenters. The number of hydrogen-bond donors (Lipinski definition) is 1. The van der Waals surface area contributed by atoms with Crippen LogP contribution >= 0.6 is 0 Å².